The first-order valence-corrected chi connectivity index (χ1v) is 5.78. The summed E-state index contributed by atoms with van der Waals surface area (Å²) in [4.78, 5) is 10.9. The Morgan fingerprint density at radius 2 is 2.21 bits per heavy atom. The van der Waals surface area contributed by atoms with Crippen LogP contribution in [0.2, 0.25) is 0 Å². The quantitative estimate of drug-likeness (QED) is 0.904. The Morgan fingerprint density at radius 1 is 1.42 bits per heavy atom. The summed E-state index contributed by atoms with van der Waals surface area (Å²) in [6, 6.07) is 5.52. The predicted octanol–water partition coefficient (Wildman–Crippen LogP) is 1.44. The SMILES string of the molecule is Cn1cc(-c2ccc3c(c2)OCO3)c(CC(=O)O)n1. The van der Waals surface area contributed by atoms with Crippen LogP contribution in [-0.2, 0) is 18.3 Å². The average Bonchev–Trinajstić information content (AvgIpc) is 2.93. The highest BCUT2D eigenvalue weighted by molar-refractivity contribution is 5.76. The lowest BCUT2D eigenvalue weighted by Crippen LogP contribution is -2.02. The molecule has 1 aromatic carbocycles. The summed E-state index contributed by atoms with van der Waals surface area (Å²) in [5.41, 5.74) is 2.20. The third-order valence-corrected chi connectivity index (χ3v) is 2.91. The van der Waals surface area contributed by atoms with Crippen molar-refractivity contribution in [3.63, 3.8) is 0 Å². The summed E-state index contributed by atoms with van der Waals surface area (Å²) < 4.78 is 12.2. The second-order valence-electron chi connectivity index (χ2n) is 4.30. The first kappa shape index (κ1) is 11.6. The maximum absolute atomic E-state index is 10.9. The van der Waals surface area contributed by atoms with E-state index in [1.54, 1.807) is 17.9 Å². The van der Waals surface area contributed by atoms with Crippen LogP contribution in [0.25, 0.3) is 11.1 Å². The molecule has 3 rings (SSSR count). The first-order valence-electron chi connectivity index (χ1n) is 5.78. The van der Waals surface area contributed by atoms with E-state index in [1.807, 2.05) is 18.2 Å². The van der Waals surface area contributed by atoms with Crippen LogP contribution in [0.5, 0.6) is 11.5 Å². The zero-order valence-corrected chi connectivity index (χ0v) is 10.3. The smallest absolute Gasteiger partial charge is 0.309 e. The van der Waals surface area contributed by atoms with Crippen molar-refractivity contribution in [3.8, 4) is 22.6 Å². The number of nitrogens with zero attached hydrogens (tertiary/aromatic N) is 2. The molecule has 6 heteroatoms. The molecule has 6 nitrogen and oxygen atoms in total. The zero-order chi connectivity index (χ0) is 13.4. The van der Waals surface area contributed by atoms with E-state index in [4.69, 9.17) is 14.6 Å². The molecule has 0 amide bonds. The third kappa shape index (κ3) is 2.12. The van der Waals surface area contributed by atoms with Gasteiger partial charge in [-0.3, -0.25) is 9.48 Å². The topological polar surface area (TPSA) is 73.6 Å². The average molecular weight is 260 g/mol. The number of rotatable bonds is 3. The Labute approximate surface area is 109 Å². The summed E-state index contributed by atoms with van der Waals surface area (Å²) >= 11 is 0. The number of carboxylic acids is 1. The molecule has 0 radical (unpaired) electrons. The van der Waals surface area contributed by atoms with Gasteiger partial charge in [-0.05, 0) is 17.7 Å². The van der Waals surface area contributed by atoms with Crippen LogP contribution in [-0.4, -0.2) is 27.6 Å². The van der Waals surface area contributed by atoms with Gasteiger partial charge in [0.2, 0.25) is 6.79 Å². The standard InChI is InChI=1S/C13H12N2O4/c1-15-6-9(10(14-15)5-13(16)17)8-2-3-11-12(4-8)19-7-18-11/h2-4,6H,5,7H2,1H3,(H,16,17). The summed E-state index contributed by atoms with van der Waals surface area (Å²) in [7, 11) is 1.77. The molecule has 0 spiro atoms. The van der Waals surface area contributed by atoms with Crippen molar-refractivity contribution < 1.29 is 19.4 Å². The van der Waals surface area contributed by atoms with Gasteiger partial charge in [0.15, 0.2) is 11.5 Å². The normalized spacial score (nSPS) is 12.7. The number of benzene rings is 1. The van der Waals surface area contributed by atoms with E-state index in [-0.39, 0.29) is 13.2 Å². The Bertz CT molecular complexity index is 648. The molecule has 19 heavy (non-hydrogen) atoms. The molecule has 0 saturated carbocycles. The molecular weight excluding hydrogens is 248 g/mol. The lowest BCUT2D eigenvalue weighted by molar-refractivity contribution is -0.136. The molecule has 98 valence electrons. The lowest BCUT2D eigenvalue weighted by Gasteiger charge is -2.02. The van der Waals surface area contributed by atoms with E-state index in [0.717, 1.165) is 11.1 Å². The number of ether oxygens (including phenoxy) is 2. The molecule has 2 aromatic rings. The van der Waals surface area contributed by atoms with Crippen LogP contribution in [0.1, 0.15) is 5.69 Å². The lowest BCUT2D eigenvalue weighted by atomic mass is 10.0. The van der Waals surface area contributed by atoms with Crippen molar-refractivity contribution in [3.05, 3.63) is 30.1 Å². The minimum atomic E-state index is -0.902. The summed E-state index contributed by atoms with van der Waals surface area (Å²) in [5, 5.41) is 13.1. The van der Waals surface area contributed by atoms with Gasteiger partial charge in [-0.25, -0.2) is 0 Å². The van der Waals surface area contributed by atoms with Gasteiger partial charge >= 0.3 is 5.97 Å². The summed E-state index contributed by atoms with van der Waals surface area (Å²) in [6.07, 6.45) is 1.69. The number of hydrogen-bond donors (Lipinski definition) is 1. The van der Waals surface area contributed by atoms with Gasteiger partial charge in [0, 0.05) is 18.8 Å². The Balaban J connectivity index is 2.04. The molecule has 1 aromatic heterocycles. The summed E-state index contributed by atoms with van der Waals surface area (Å²) in [6.45, 7) is 0.216. The highest BCUT2D eigenvalue weighted by atomic mass is 16.7. The van der Waals surface area contributed by atoms with Crippen molar-refractivity contribution in [2.24, 2.45) is 7.05 Å². The van der Waals surface area contributed by atoms with Crippen LogP contribution < -0.4 is 9.47 Å². The first-order chi connectivity index (χ1) is 9.13. The van der Waals surface area contributed by atoms with E-state index < -0.39 is 5.97 Å². The molecular formula is C13H12N2O4. The molecule has 2 heterocycles. The van der Waals surface area contributed by atoms with Crippen molar-refractivity contribution >= 4 is 5.97 Å². The minimum Gasteiger partial charge on any atom is -0.481 e. The van der Waals surface area contributed by atoms with Gasteiger partial charge < -0.3 is 14.6 Å². The van der Waals surface area contributed by atoms with Crippen molar-refractivity contribution in [1.82, 2.24) is 9.78 Å². The fourth-order valence-electron chi connectivity index (χ4n) is 2.11. The Morgan fingerprint density at radius 3 is 3.00 bits per heavy atom. The number of aliphatic carboxylic acids is 1. The molecule has 0 fully saturated rings. The van der Waals surface area contributed by atoms with E-state index in [0.29, 0.717) is 17.2 Å². The van der Waals surface area contributed by atoms with Crippen LogP contribution in [0, 0.1) is 0 Å². The van der Waals surface area contributed by atoms with E-state index in [2.05, 4.69) is 5.10 Å². The highest BCUT2D eigenvalue weighted by Gasteiger charge is 2.17. The van der Waals surface area contributed by atoms with Gasteiger partial charge in [0.25, 0.3) is 0 Å². The van der Waals surface area contributed by atoms with Crippen molar-refractivity contribution in [2.75, 3.05) is 6.79 Å². The molecule has 1 aliphatic rings. The fraction of sp³-hybridized carbons (Fsp3) is 0.231. The molecule has 0 bridgehead atoms. The Hall–Kier alpha value is -2.50. The molecule has 0 saturated heterocycles. The zero-order valence-electron chi connectivity index (χ0n) is 10.3. The maximum atomic E-state index is 10.9. The van der Waals surface area contributed by atoms with Crippen molar-refractivity contribution in [1.29, 1.82) is 0 Å². The van der Waals surface area contributed by atoms with Gasteiger partial charge in [-0.15, -0.1) is 0 Å². The van der Waals surface area contributed by atoms with Gasteiger partial charge in [0.05, 0.1) is 12.1 Å². The van der Waals surface area contributed by atoms with Crippen LogP contribution in [0.4, 0.5) is 0 Å². The monoisotopic (exact) mass is 260 g/mol. The molecule has 0 unspecified atom stereocenters. The number of aromatic nitrogens is 2. The van der Waals surface area contributed by atoms with Crippen LogP contribution in [0.3, 0.4) is 0 Å². The predicted molar refractivity (Wildman–Crippen MR) is 66.1 cm³/mol. The third-order valence-electron chi connectivity index (χ3n) is 2.91. The summed E-state index contributed by atoms with van der Waals surface area (Å²) in [5.74, 6) is 0.468. The molecule has 0 atom stereocenters. The van der Waals surface area contributed by atoms with Crippen molar-refractivity contribution in [2.45, 2.75) is 6.42 Å². The van der Waals surface area contributed by atoms with Gasteiger partial charge in [-0.2, -0.15) is 5.10 Å². The maximum Gasteiger partial charge on any atom is 0.309 e. The van der Waals surface area contributed by atoms with E-state index >= 15 is 0 Å². The fourth-order valence-corrected chi connectivity index (χ4v) is 2.11. The minimum absolute atomic E-state index is 0.107. The van der Waals surface area contributed by atoms with Crippen LogP contribution in [0.15, 0.2) is 24.4 Å². The van der Waals surface area contributed by atoms with Crippen LogP contribution >= 0.6 is 0 Å². The number of fused-ring (bicyclic) bond motifs is 1. The second kappa shape index (κ2) is 4.31. The van der Waals surface area contributed by atoms with E-state index in [1.165, 1.54) is 0 Å². The number of aryl methyl sites for hydroxylation is 1. The molecule has 0 aliphatic carbocycles. The number of carboxylic acid groups (broad SMARTS) is 1. The molecule has 1 N–H and O–H groups in total. The van der Waals surface area contributed by atoms with Gasteiger partial charge in [0.1, 0.15) is 0 Å². The van der Waals surface area contributed by atoms with Gasteiger partial charge in [-0.1, -0.05) is 6.07 Å². The highest BCUT2D eigenvalue weighted by Crippen LogP contribution is 2.36. The van der Waals surface area contributed by atoms with E-state index in [9.17, 15) is 4.79 Å². The molecule has 1 aliphatic heterocycles. The Kier molecular flexibility index (Phi) is 2.63. The largest absolute Gasteiger partial charge is 0.481 e. The number of carbonyl (C=O) groups is 1. The second-order valence-corrected chi connectivity index (χ2v) is 4.30. The number of hydrogen-bond acceptors (Lipinski definition) is 4.